The van der Waals surface area contributed by atoms with Gasteiger partial charge in [-0.2, -0.15) is 0 Å². The van der Waals surface area contributed by atoms with E-state index in [1.165, 1.54) is 5.56 Å². The zero-order chi connectivity index (χ0) is 15.2. The number of carbonyl (C=O) groups excluding carboxylic acids is 1. The van der Waals surface area contributed by atoms with Crippen molar-refractivity contribution in [1.82, 2.24) is 10.3 Å². The van der Waals surface area contributed by atoms with E-state index in [-0.39, 0.29) is 5.91 Å². The third-order valence-electron chi connectivity index (χ3n) is 3.17. The van der Waals surface area contributed by atoms with Gasteiger partial charge in [0.2, 0.25) is 0 Å². The Morgan fingerprint density at radius 1 is 1.29 bits per heavy atom. The molecule has 1 unspecified atom stereocenters. The highest BCUT2D eigenvalue weighted by atomic mass is 16.5. The molecule has 0 fully saturated rings. The molecule has 4 nitrogen and oxygen atoms in total. The highest BCUT2D eigenvalue weighted by molar-refractivity contribution is 5.80. The number of pyridine rings is 1. The van der Waals surface area contributed by atoms with Crippen LogP contribution in [0.3, 0.4) is 0 Å². The lowest BCUT2D eigenvalue weighted by atomic mass is 10.1. The van der Waals surface area contributed by atoms with Gasteiger partial charge < -0.3 is 10.1 Å². The second-order valence-corrected chi connectivity index (χ2v) is 5.07. The molecular formula is C17H20N2O2. The molecule has 0 aliphatic carbocycles. The zero-order valence-corrected chi connectivity index (χ0v) is 12.6. The summed E-state index contributed by atoms with van der Waals surface area (Å²) in [5, 5.41) is 2.82. The summed E-state index contributed by atoms with van der Waals surface area (Å²) < 4.78 is 5.72. The van der Waals surface area contributed by atoms with Crippen molar-refractivity contribution in [1.29, 1.82) is 0 Å². The van der Waals surface area contributed by atoms with Crippen molar-refractivity contribution >= 4 is 5.91 Å². The number of aromatic nitrogens is 1. The van der Waals surface area contributed by atoms with Gasteiger partial charge in [0.05, 0.1) is 12.2 Å². The minimum atomic E-state index is -0.546. The van der Waals surface area contributed by atoms with E-state index in [0.29, 0.717) is 6.54 Å². The van der Waals surface area contributed by atoms with Gasteiger partial charge in [0.1, 0.15) is 5.75 Å². The number of rotatable bonds is 5. The predicted molar refractivity (Wildman–Crippen MR) is 82.1 cm³/mol. The van der Waals surface area contributed by atoms with Crippen LogP contribution in [0.2, 0.25) is 0 Å². The topological polar surface area (TPSA) is 51.2 Å². The van der Waals surface area contributed by atoms with Crippen LogP contribution >= 0.6 is 0 Å². The Morgan fingerprint density at radius 2 is 2.10 bits per heavy atom. The minimum Gasteiger partial charge on any atom is -0.481 e. The molecule has 1 atom stereocenters. The van der Waals surface area contributed by atoms with E-state index < -0.39 is 6.10 Å². The van der Waals surface area contributed by atoms with Crippen LogP contribution in [0.4, 0.5) is 0 Å². The molecule has 0 saturated heterocycles. The van der Waals surface area contributed by atoms with Gasteiger partial charge in [0, 0.05) is 6.20 Å². The summed E-state index contributed by atoms with van der Waals surface area (Å²) in [4.78, 5) is 16.2. The van der Waals surface area contributed by atoms with Crippen molar-refractivity contribution in [3.05, 3.63) is 59.4 Å². The normalized spacial score (nSPS) is 11.8. The molecule has 1 aromatic carbocycles. The Bertz CT molecular complexity index is 611. The first kappa shape index (κ1) is 15.0. The van der Waals surface area contributed by atoms with Crippen LogP contribution in [0.15, 0.2) is 42.6 Å². The van der Waals surface area contributed by atoms with Crippen molar-refractivity contribution in [2.24, 2.45) is 0 Å². The molecule has 0 radical (unpaired) electrons. The van der Waals surface area contributed by atoms with Gasteiger partial charge in [-0.3, -0.25) is 9.78 Å². The molecular weight excluding hydrogens is 264 g/mol. The molecule has 110 valence electrons. The molecule has 1 heterocycles. The molecule has 1 N–H and O–H groups in total. The number of aryl methyl sites for hydroxylation is 2. The summed E-state index contributed by atoms with van der Waals surface area (Å²) in [5.74, 6) is 0.585. The van der Waals surface area contributed by atoms with Crippen molar-refractivity contribution in [3.63, 3.8) is 0 Å². The Kier molecular flexibility index (Phi) is 4.93. The number of nitrogens with one attached hydrogen (secondary N) is 1. The molecule has 0 aliphatic rings. The van der Waals surface area contributed by atoms with Crippen molar-refractivity contribution in [3.8, 4) is 5.75 Å². The Morgan fingerprint density at radius 3 is 2.76 bits per heavy atom. The van der Waals surface area contributed by atoms with E-state index in [1.54, 1.807) is 13.1 Å². The summed E-state index contributed by atoms with van der Waals surface area (Å²) in [6.45, 7) is 6.15. The van der Waals surface area contributed by atoms with E-state index in [9.17, 15) is 4.79 Å². The summed E-state index contributed by atoms with van der Waals surface area (Å²) in [6.07, 6.45) is 1.16. The first-order chi connectivity index (χ1) is 10.1. The maximum atomic E-state index is 12.0. The van der Waals surface area contributed by atoms with Gasteiger partial charge in [-0.15, -0.1) is 0 Å². The maximum Gasteiger partial charge on any atom is 0.261 e. The first-order valence-corrected chi connectivity index (χ1v) is 6.98. The lowest BCUT2D eigenvalue weighted by Gasteiger charge is -2.16. The largest absolute Gasteiger partial charge is 0.481 e. The van der Waals surface area contributed by atoms with Crippen molar-refractivity contribution in [2.75, 3.05) is 0 Å². The molecule has 0 bridgehead atoms. The smallest absolute Gasteiger partial charge is 0.261 e. The van der Waals surface area contributed by atoms with E-state index in [2.05, 4.69) is 10.3 Å². The quantitative estimate of drug-likeness (QED) is 0.918. The number of nitrogens with zero attached hydrogens (tertiary/aromatic N) is 1. The van der Waals surface area contributed by atoms with Gasteiger partial charge in [0.25, 0.3) is 5.91 Å². The zero-order valence-electron chi connectivity index (χ0n) is 12.6. The number of hydrogen-bond acceptors (Lipinski definition) is 3. The fourth-order valence-electron chi connectivity index (χ4n) is 2.00. The predicted octanol–water partition coefficient (Wildman–Crippen LogP) is 2.78. The lowest BCUT2D eigenvalue weighted by molar-refractivity contribution is -0.127. The number of hydrogen-bond donors (Lipinski definition) is 1. The summed E-state index contributed by atoms with van der Waals surface area (Å²) >= 11 is 0. The SMILES string of the molecule is Cc1ccc(OC(C)C(=O)NCc2ccccn2)c(C)c1. The second-order valence-electron chi connectivity index (χ2n) is 5.07. The number of carbonyl (C=O) groups is 1. The van der Waals surface area contributed by atoms with Crippen molar-refractivity contribution < 1.29 is 9.53 Å². The Labute approximate surface area is 125 Å². The highest BCUT2D eigenvalue weighted by Gasteiger charge is 2.15. The molecule has 2 rings (SSSR count). The number of benzene rings is 1. The average molecular weight is 284 g/mol. The van der Waals surface area contributed by atoms with Gasteiger partial charge in [-0.05, 0) is 44.5 Å². The lowest BCUT2D eigenvalue weighted by Crippen LogP contribution is -2.36. The molecule has 21 heavy (non-hydrogen) atoms. The van der Waals surface area contributed by atoms with Crippen LogP contribution in [0.1, 0.15) is 23.7 Å². The van der Waals surface area contributed by atoms with Crippen LogP contribution < -0.4 is 10.1 Å². The molecule has 2 aromatic rings. The minimum absolute atomic E-state index is 0.152. The Balaban J connectivity index is 1.90. The van der Waals surface area contributed by atoms with Crippen molar-refractivity contribution in [2.45, 2.75) is 33.4 Å². The third kappa shape index (κ3) is 4.31. The molecule has 1 amide bonds. The molecule has 0 saturated carbocycles. The summed E-state index contributed by atoms with van der Waals surface area (Å²) in [6, 6.07) is 11.5. The van der Waals surface area contributed by atoms with E-state index >= 15 is 0 Å². The molecule has 1 aromatic heterocycles. The third-order valence-corrected chi connectivity index (χ3v) is 3.17. The Hall–Kier alpha value is -2.36. The summed E-state index contributed by atoms with van der Waals surface area (Å²) in [5.41, 5.74) is 3.02. The molecule has 0 aliphatic heterocycles. The summed E-state index contributed by atoms with van der Waals surface area (Å²) in [7, 11) is 0. The van der Waals surface area contributed by atoms with E-state index in [1.807, 2.05) is 50.2 Å². The van der Waals surface area contributed by atoms with Crippen LogP contribution in [0, 0.1) is 13.8 Å². The van der Waals surface area contributed by atoms with Crippen LogP contribution in [0.25, 0.3) is 0 Å². The highest BCUT2D eigenvalue weighted by Crippen LogP contribution is 2.20. The second kappa shape index (κ2) is 6.88. The first-order valence-electron chi connectivity index (χ1n) is 6.98. The maximum absolute atomic E-state index is 12.0. The fraction of sp³-hybridized carbons (Fsp3) is 0.294. The van der Waals surface area contributed by atoms with E-state index in [0.717, 1.165) is 17.0 Å². The van der Waals surface area contributed by atoms with Gasteiger partial charge in [-0.1, -0.05) is 23.8 Å². The standard InChI is InChI=1S/C17H20N2O2/c1-12-7-8-16(13(2)10-12)21-14(3)17(20)19-11-15-6-4-5-9-18-15/h4-10,14H,11H2,1-3H3,(H,19,20). The van der Waals surface area contributed by atoms with E-state index in [4.69, 9.17) is 4.74 Å². The van der Waals surface area contributed by atoms with Crippen LogP contribution in [0.5, 0.6) is 5.75 Å². The fourth-order valence-corrected chi connectivity index (χ4v) is 2.00. The average Bonchev–Trinajstić information content (AvgIpc) is 2.48. The van der Waals surface area contributed by atoms with Gasteiger partial charge >= 0.3 is 0 Å². The number of amides is 1. The molecule has 4 heteroatoms. The van der Waals surface area contributed by atoms with Gasteiger partial charge in [0.15, 0.2) is 6.10 Å². The van der Waals surface area contributed by atoms with Gasteiger partial charge in [-0.25, -0.2) is 0 Å². The molecule has 0 spiro atoms. The van der Waals surface area contributed by atoms with Crippen LogP contribution in [-0.2, 0) is 11.3 Å². The number of ether oxygens (including phenoxy) is 1. The van der Waals surface area contributed by atoms with Crippen LogP contribution in [-0.4, -0.2) is 17.0 Å². The monoisotopic (exact) mass is 284 g/mol.